The van der Waals surface area contributed by atoms with Crippen LogP contribution in [0.3, 0.4) is 0 Å². The van der Waals surface area contributed by atoms with Crippen molar-refractivity contribution in [1.29, 1.82) is 0 Å². The highest BCUT2D eigenvalue weighted by atomic mass is 16.3. The fourth-order valence-electron chi connectivity index (χ4n) is 7.78. The number of hydrogen-bond donors (Lipinski definition) is 0. The van der Waals surface area contributed by atoms with Gasteiger partial charge in [-0.1, -0.05) is 128 Å². The van der Waals surface area contributed by atoms with Crippen LogP contribution < -0.4 is 0 Å². The number of benzene rings is 6. The summed E-state index contributed by atoms with van der Waals surface area (Å²) >= 11 is 0. The SMILES string of the molecule is C=C/C=C\c1c(C)n(-c2ccccc2)c2c1ccc1c3ccccc3n(-c3cc(-c4ccc5c(c4)oc4ccccc45)nc(-c4ccccc4)n3)c12. The largest absolute Gasteiger partial charge is 0.456 e. The molecule has 10 rings (SSSR count). The third-order valence-corrected chi connectivity index (χ3v) is 10.1. The van der Waals surface area contributed by atoms with Gasteiger partial charge in [0.15, 0.2) is 5.82 Å². The first-order valence-corrected chi connectivity index (χ1v) is 17.5. The van der Waals surface area contributed by atoms with Gasteiger partial charge in [0.25, 0.3) is 0 Å². The summed E-state index contributed by atoms with van der Waals surface area (Å²) in [7, 11) is 0. The second-order valence-corrected chi connectivity index (χ2v) is 13.1. The summed E-state index contributed by atoms with van der Waals surface area (Å²) in [5.74, 6) is 1.44. The summed E-state index contributed by atoms with van der Waals surface area (Å²) < 4.78 is 11.0. The molecule has 0 amide bonds. The van der Waals surface area contributed by atoms with Crippen molar-refractivity contribution >= 4 is 60.7 Å². The molecule has 4 heterocycles. The van der Waals surface area contributed by atoms with Crippen LogP contribution in [0.2, 0.25) is 0 Å². The fourth-order valence-corrected chi connectivity index (χ4v) is 7.78. The number of furan rings is 1. The van der Waals surface area contributed by atoms with Gasteiger partial charge in [-0.05, 0) is 43.3 Å². The lowest BCUT2D eigenvalue weighted by atomic mass is 10.1. The summed E-state index contributed by atoms with van der Waals surface area (Å²) in [6.07, 6.45) is 6.00. The molecular formula is C47H32N4O. The lowest BCUT2D eigenvalue weighted by Crippen LogP contribution is -2.04. The zero-order valence-corrected chi connectivity index (χ0v) is 28.5. The minimum Gasteiger partial charge on any atom is -0.456 e. The molecular weight excluding hydrogens is 637 g/mol. The zero-order valence-electron chi connectivity index (χ0n) is 28.5. The van der Waals surface area contributed by atoms with Gasteiger partial charge in [0, 0.05) is 61.1 Å². The average Bonchev–Trinajstić information content (AvgIpc) is 3.84. The minimum absolute atomic E-state index is 0.653. The van der Waals surface area contributed by atoms with E-state index in [1.165, 1.54) is 0 Å². The van der Waals surface area contributed by atoms with Crippen molar-refractivity contribution < 1.29 is 4.42 Å². The molecule has 4 aromatic heterocycles. The second-order valence-electron chi connectivity index (χ2n) is 13.1. The van der Waals surface area contributed by atoms with E-state index in [0.29, 0.717) is 5.82 Å². The Kier molecular flexibility index (Phi) is 6.80. The first kappa shape index (κ1) is 29.9. The third-order valence-electron chi connectivity index (χ3n) is 10.1. The van der Waals surface area contributed by atoms with Gasteiger partial charge >= 0.3 is 0 Å². The maximum absolute atomic E-state index is 6.33. The first-order valence-electron chi connectivity index (χ1n) is 17.5. The van der Waals surface area contributed by atoms with E-state index in [1.807, 2.05) is 48.6 Å². The Morgan fingerprint density at radius 3 is 2.08 bits per heavy atom. The molecule has 52 heavy (non-hydrogen) atoms. The van der Waals surface area contributed by atoms with Crippen molar-refractivity contribution in [2.45, 2.75) is 6.92 Å². The Hall–Kier alpha value is -6.98. The Balaban J connectivity index is 1.33. The van der Waals surface area contributed by atoms with Crippen LogP contribution in [0, 0.1) is 6.92 Å². The maximum Gasteiger partial charge on any atom is 0.162 e. The van der Waals surface area contributed by atoms with Gasteiger partial charge in [-0.15, -0.1) is 0 Å². The van der Waals surface area contributed by atoms with Crippen LogP contribution in [0.5, 0.6) is 0 Å². The van der Waals surface area contributed by atoms with E-state index < -0.39 is 0 Å². The first-order chi connectivity index (χ1) is 25.7. The highest BCUT2D eigenvalue weighted by Gasteiger charge is 2.23. The quantitative estimate of drug-likeness (QED) is 0.166. The van der Waals surface area contributed by atoms with E-state index in [0.717, 1.165) is 94.2 Å². The van der Waals surface area contributed by atoms with Gasteiger partial charge in [-0.25, -0.2) is 9.97 Å². The summed E-state index contributed by atoms with van der Waals surface area (Å²) in [5.41, 5.74) is 11.1. The minimum atomic E-state index is 0.653. The van der Waals surface area contributed by atoms with Gasteiger partial charge < -0.3 is 8.98 Å². The van der Waals surface area contributed by atoms with Crippen LogP contribution in [-0.4, -0.2) is 19.1 Å². The van der Waals surface area contributed by atoms with Crippen LogP contribution >= 0.6 is 0 Å². The second kappa shape index (κ2) is 11.8. The molecule has 5 nitrogen and oxygen atoms in total. The number of allylic oxidation sites excluding steroid dienone is 2. The Labute approximate surface area is 300 Å². The van der Waals surface area contributed by atoms with Crippen LogP contribution in [0.4, 0.5) is 0 Å². The van der Waals surface area contributed by atoms with Crippen molar-refractivity contribution in [3.8, 4) is 34.2 Å². The molecule has 6 aromatic carbocycles. The smallest absolute Gasteiger partial charge is 0.162 e. The Bertz CT molecular complexity index is 3030. The van der Waals surface area contributed by atoms with Gasteiger partial charge in [0.05, 0.1) is 22.2 Å². The molecule has 10 aromatic rings. The molecule has 0 atom stereocenters. The lowest BCUT2D eigenvalue weighted by Gasteiger charge is -2.14. The molecule has 0 fully saturated rings. The predicted octanol–water partition coefficient (Wildman–Crippen LogP) is 12.3. The molecule has 0 aliphatic rings. The Morgan fingerprint density at radius 1 is 0.577 bits per heavy atom. The topological polar surface area (TPSA) is 48.8 Å². The molecule has 0 N–H and O–H groups in total. The lowest BCUT2D eigenvalue weighted by molar-refractivity contribution is 0.669. The number of aromatic nitrogens is 4. The number of nitrogens with zero attached hydrogens (tertiary/aromatic N) is 4. The molecule has 0 aliphatic heterocycles. The van der Waals surface area contributed by atoms with Crippen molar-refractivity contribution in [3.05, 3.63) is 176 Å². The van der Waals surface area contributed by atoms with E-state index in [4.69, 9.17) is 14.4 Å². The van der Waals surface area contributed by atoms with Gasteiger partial charge in [-0.2, -0.15) is 0 Å². The molecule has 0 aliphatic carbocycles. The molecule has 0 spiro atoms. The molecule has 5 heteroatoms. The van der Waals surface area contributed by atoms with Crippen molar-refractivity contribution in [2.24, 2.45) is 0 Å². The van der Waals surface area contributed by atoms with Crippen molar-refractivity contribution in [2.75, 3.05) is 0 Å². The van der Waals surface area contributed by atoms with Crippen LogP contribution in [0.1, 0.15) is 11.3 Å². The van der Waals surface area contributed by atoms with E-state index in [2.05, 4.69) is 138 Å². The van der Waals surface area contributed by atoms with E-state index >= 15 is 0 Å². The number of rotatable bonds is 6. The van der Waals surface area contributed by atoms with Crippen LogP contribution in [-0.2, 0) is 0 Å². The van der Waals surface area contributed by atoms with Gasteiger partial charge in [-0.3, -0.25) is 4.57 Å². The standard InChI is InChI=1S/C47H32N4O/c1-3-4-19-34-30(2)50(33-17-9-6-10-18-33)45-38(34)26-27-39-35-20-11-13-22-41(35)51(46(39)45)44-29-40(48-47(49-44)31-15-7-5-8-16-31)32-24-25-37-36-21-12-14-23-42(36)52-43(37)28-32/h3-29H,1H2,2H3/b19-4-. The maximum atomic E-state index is 6.33. The molecule has 0 radical (unpaired) electrons. The van der Waals surface area contributed by atoms with Crippen LogP contribution in [0.15, 0.2) is 169 Å². The zero-order chi connectivity index (χ0) is 34.8. The monoisotopic (exact) mass is 668 g/mol. The number of para-hydroxylation sites is 3. The number of fused-ring (bicyclic) bond motifs is 8. The average molecular weight is 669 g/mol. The summed E-state index contributed by atoms with van der Waals surface area (Å²) in [6, 6.07) is 50.6. The highest BCUT2D eigenvalue weighted by Crippen LogP contribution is 2.41. The van der Waals surface area contributed by atoms with Crippen LogP contribution in [0.25, 0.3) is 94.9 Å². The third kappa shape index (κ3) is 4.56. The van der Waals surface area contributed by atoms with Gasteiger partial charge in [0.1, 0.15) is 17.0 Å². The number of hydrogen-bond acceptors (Lipinski definition) is 3. The fraction of sp³-hybridized carbons (Fsp3) is 0.0213. The van der Waals surface area contributed by atoms with Gasteiger partial charge in [0.2, 0.25) is 0 Å². The molecule has 0 saturated carbocycles. The van der Waals surface area contributed by atoms with E-state index in [1.54, 1.807) is 0 Å². The Morgan fingerprint density at radius 2 is 1.25 bits per heavy atom. The van der Waals surface area contributed by atoms with E-state index in [-0.39, 0.29) is 0 Å². The molecule has 0 bridgehead atoms. The molecule has 246 valence electrons. The van der Waals surface area contributed by atoms with Crippen molar-refractivity contribution in [3.63, 3.8) is 0 Å². The summed E-state index contributed by atoms with van der Waals surface area (Å²) in [6.45, 7) is 6.15. The highest BCUT2D eigenvalue weighted by molar-refractivity contribution is 6.19. The normalized spacial score (nSPS) is 11.9. The predicted molar refractivity (Wildman–Crippen MR) is 215 cm³/mol. The summed E-state index contributed by atoms with van der Waals surface area (Å²) in [4.78, 5) is 10.5. The van der Waals surface area contributed by atoms with E-state index in [9.17, 15) is 0 Å². The summed E-state index contributed by atoms with van der Waals surface area (Å²) in [5, 5.41) is 5.66. The van der Waals surface area contributed by atoms with Crippen molar-refractivity contribution in [1.82, 2.24) is 19.1 Å². The molecule has 0 unspecified atom stereocenters. The molecule has 0 saturated heterocycles.